The predicted molar refractivity (Wildman–Crippen MR) is 71.4 cm³/mol. The van der Waals surface area contributed by atoms with Crippen molar-refractivity contribution in [3.05, 3.63) is 16.6 Å². The molecular formula is C13H22N2OS. The first-order valence-electron chi connectivity index (χ1n) is 6.63. The Morgan fingerprint density at radius 2 is 2.59 bits per heavy atom. The van der Waals surface area contributed by atoms with E-state index in [1.807, 2.05) is 5.51 Å². The Labute approximate surface area is 108 Å². The van der Waals surface area contributed by atoms with E-state index in [2.05, 4.69) is 22.6 Å². The van der Waals surface area contributed by atoms with Crippen LogP contribution in [0.4, 0.5) is 0 Å². The molecule has 1 fully saturated rings. The van der Waals surface area contributed by atoms with E-state index in [1.54, 1.807) is 11.3 Å². The number of nitrogens with zero attached hydrogens (tertiary/aromatic N) is 1. The largest absolute Gasteiger partial charge is 0.378 e. The van der Waals surface area contributed by atoms with Gasteiger partial charge in [0, 0.05) is 12.0 Å². The number of rotatable bonds is 7. The smallest absolute Gasteiger partial charge is 0.0795 e. The van der Waals surface area contributed by atoms with E-state index in [9.17, 15) is 0 Å². The third-order valence-corrected chi connectivity index (χ3v) is 3.86. The highest BCUT2D eigenvalue weighted by Crippen LogP contribution is 2.23. The van der Waals surface area contributed by atoms with Gasteiger partial charge in [0.1, 0.15) is 0 Å². The fourth-order valence-electron chi connectivity index (χ4n) is 2.29. The Bertz CT molecular complexity index is 296. The summed E-state index contributed by atoms with van der Waals surface area (Å²) in [5.41, 5.74) is 3.11. The average molecular weight is 254 g/mol. The van der Waals surface area contributed by atoms with Crippen LogP contribution in [0.1, 0.15) is 50.8 Å². The third-order valence-electron chi connectivity index (χ3n) is 3.25. The van der Waals surface area contributed by atoms with E-state index in [0.29, 0.717) is 12.1 Å². The molecule has 0 spiro atoms. The number of aromatic nitrogens is 1. The van der Waals surface area contributed by atoms with Crippen molar-refractivity contribution in [3.8, 4) is 0 Å². The highest BCUT2D eigenvalue weighted by molar-refractivity contribution is 7.07. The number of hydrogen-bond donors (Lipinski definition) is 1. The van der Waals surface area contributed by atoms with Gasteiger partial charge in [-0.15, -0.1) is 11.3 Å². The van der Waals surface area contributed by atoms with Gasteiger partial charge in [-0.1, -0.05) is 6.92 Å². The topological polar surface area (TPSA) is 34.1 Å². The molecule has 4 heteroatoms. The standard InChI is InChI=1S/C13H22N2OS/c1-2-7-14-12(13-9-17-10-15-13)6-5-11-4-3-8-16-11/h9-12,14H,2-8H2,1H3. The van der Waals surface area contributed by atoms with Gasteiger partial charge in [-0.05, 0) is 38.6 Å². The number of ether oxygens (including phenoxy) is 1. The lowest BCUT2D eigenvalue weighted by Gasteiger charge is -2.18. The van der Waals surface area contributed by atoms with Crippen LogP contribution in [-0.2, 0) is 4.74 Å². The summed E-state index contributed by atoms with van der Waals surface area (Å²) in [6.45, 7) is 4.22. The molecule has 0 amide bonds. The summed E-state index contributed by atoms with van der Waals surface area (Å²) in [7, 11) is 0. The van der Waals surface area contributed by atoms with Crippen molar-refractivity contribution in [1.29, 1.82) is 0 Å². The van der Waals surface area contributed by atoms with Crippen molar-refractivity contribution >= 4 is 11.3 Å². The fraction of sp³-hybridized carbons (Fsp3) is 0.769. The summed E-state index contributed by atoms with van der Waals surface area (Å²) >= 11 is 1.68. The molecule has 2 heterocycles. The first-order chi connectivity index (χ1) is 8.40. The van der Waals surface area contributed by atoms with Crippen LogP contribution in [0.3, 0.4) is 0 Å². The van der Waals surface area contributed by atoms with Gasteiger partial charge in [0.05, 0.1) is 23.4 Å². The number of hydrogen-bond acceptors (Lipinski definition) is 4. The highest BCUT2D eigenvalue weighted by Gasteiger charge is 2.19. The molecule has 1 aliphatic heterocycles. The summed E-state index contributed by atoms with van der Waals surface area (Å²) in [4.78, 5) is 4.43. The molecule has 1 aliphatic rings. The van der Waals surface area contributed by atoms with Crippen molar-refractivity contribution in [2.45, 2.75) is 51.2 Å². The van der Waals surface area contributed by atoms with Gasteiger partial charge in [0.2, 0.25) is 0 Å². The molecule has 0 bridgehead atoms. The fourth-order valence-corrected chi connectivity index (χ4v) is 2.90. The molecule has 2 unspecified atom stereocenters. The molecular weight excluding hydrogens is 232 g/mol. The summed E-state index contributed by atoms with van der Waals surface area (Å²) in [5, 5.41) is 5.74. The molecule has 2 rings (SSSR count). The second kappa shape index (κ2) is 7.09. The molecule has 3 nitrogen and oxygen atoms in total. The van der Waals surface area contributed by atoms with Gasteiger partial charge < -0.3 is 10.1 Å². The summed E-state index contributed by atoms with van der Waals surface area (Å²) < 4.78 is 5.68. The van der Waals surface area contributed by atoms with E-state index in [0.717, 1.165) is 26.0 Å². The van der Waals surface area contributed by atoms with E-state index < -0.39 is 0 Å². The van der Waals surface area contributed by atoms with Crippen molar-refractivity contribution in [3.63, 3.8) is 0 Å². The van der Waals surface area contributed by atoms with E-state index in [-0.39, 0.29) is 0 Å². The summed E-state index contributed by atoms with van der Waals surface area (Å²) in [6.07, 6.45) is 6.40. The van der Waals surface area contributed by atoms with Crippen LogP contribution in [0.15, 0.2) is 10.9 Å². The predicted octanol–water partition coefficient (Wildman–Crippen LogP) is 3.14. The van der Waals surface area contributed by atoms with Crippen molar-refractivity contribution in [2.75, 3.05) is 13.2 Å². The van der Waals surface area contributed by atoms with Gasteiger partial charge in [0.15, 0.2) is 0 Å². The lowest BCUT2D eigenvalue weighted by molar-refractivity contribution is 0.0995. The van der Waals surface area contributed by atoms with Gasteiger partial charge in [-0.25, -0.2) is 4.98 Å². The second-order valence-electron chi connectivity index (χ2n) is 4.63. The Balaban J connectivity index is 1.82. The van der Waals surface area contributed by atoms with Crippen molar-refractivity contribution < 1.29 is 4.74 Å². The van der Waals surface area contributed by atoms with Crippen LogP contribution in [0.2, 0.25) is 0 Å². The molecule has 0 radical (unpaired) electrons. The van der Waals surface area contributed by atoms with Crippen molar-refractivity contribution in [1.82, 2.24) is 10.3 Å². The quantitative estimate of drug-likeness (QED) is 0.811. The maximum absolute atomic E-state index is 5.68. The summed E-state index contributed by atoms with van der Waals surface area (Å²) in [6, 6.07) is 0.408. The first-order valence-corrected chi connectivity index (χ1v) is 7.57. The third kappa shape index (κ3) is 4.05. The van der Waals surface area contributed by atoms with E-state index >= 15 is 0 Å². The van der Waals surface area contributed by atoms with Gasteiger partial charge >= 0.3 is 0 Å². The van der Waals surface area contributed by atoms with Crippen LogP contribution >= 0.6 is 11.3 Å². The van der Waals surface area contributed by atoms with Crippen LogP contribution in [0.5, 0.6) is 0 Å². The Morgan fingerprint density at radius 3 is 3.24 bits per heavy atom. The second-order valence-corrected chi connectivity index (χ2v) is 5.35. The van der Waals surface area contributed by atoms with Crippen molar-refractivity contribution in [2.24, 2.45) is 0 Å². The zero-order chi connectivity index (χ0) is 11.9. The lowest BCUT2D eigenvalue weighted by atomic mass is 10.0. The molecule has 96 valence electrons. The van der Waals surface area contributed by atoms with Crippen LogP contribution < -0.4 is 5.32 Å². The minimum absolute atomic E-state index is 0.408. The minimum Gasteiger partial charge on any atom is -0.378 e. The van der Waals surface area contributed by atoms with Gasteiger partial charge in [0.25, 0.3) is 0 Å². The molecule has 1 aromatic heterocycles. The SMILES string of the molecule is CCCNC(CCC1CCCO1)c1cscn1. The zero-order valence-corrected chi connectivity index (χ0v) is 11.3. The first kappa shape index (κ1) is 13.0. The van der Waals surface area contributed by atoms with Gasteiger partial charge in [-0.2, -0.15) is 0 Å². The molecule has 17 heavy (non-hydrogen) atoms. The minimum atomic E-state index is 0.408. The molecule has 0 aliphatic carbocycles. The maximum atomic E-state index is 5.68. The Hall–Kier alpha value is -0.450. The van der Waals surface area contributed by atoms with E-state index in [1.165, 1.54) is 25.0 Å². The molecule has 0 aromatic carbocycles. The molecule has 1 aromatic rings. The lowest BCUT2D eigenvalue weighted by Crippen LogP contribution is -2.23. The molecule has 2 atom stereocenters. The van der Waals surface area contributed by atoms with Crippen LogP contribution in [-0.4, -0.2) is 24.2 Å². The maximum Gasteiger partial charge on any atom is 0.0795 e. The summed E-state index contributed by atoms with van der Waals surface area (Å²) in [5.74, 6) is 0. The Kier molecular flexibility index (Phi) is 5.42. The average Bonchev–Trinajstić information content (AvgIpc) is 3.01. The van der Waals surface area contributed by atoms with Gasteiger partial charge in [-0.3, -0.25) is 0 Å². The monoisotopic (exact) mass is 254 g/mol. The normalized spacial score (nSPS) is 21.8. The Morgan fingerprint density at radius 1 is 1.65 bits per heavy atom. The highest BCUT2D eigenvalue weighted by atomic mass is 32.1. The van der Waals surface area contributed by atoms with Crippen LogP contribution in [0.25, 0.3) is 0 Å². The zero-order valence-electron chi connectivity index (χ0n) is 10.5. The molecule has 0 saturated carbocycles. The van der Waals surface area contributed by atoms with Crippen LogP contribution in [0, 0.1) is 0 Å². The number of thiazole rings is 1. The molecule has 1 saturated heterocycles. The van der Waals surface area contributed by atoms with E-state index in [4.69, 9.17) is 4.74 Å². The molecule has 1 N–H and O–H groups in total. The number of nitrogens with one attached hydrogen (secondary N) is 1.